The minimum absolute atomic E-state index is 0.0348. The molecule has 0 radical (unpaired) electrons. The second-order valence-corrected chi connectivity index (χ2v) is 12.1. The zero-order valence-corrected chi connectivity index (χ0v) is 24.0. The Balaban J connectivity index is 1.72. The summed E-state index contributed by atoms with van der Waals surface area (Å²) < 4.78 is 37.7. The second-order valence-electron chi connectivity index (χ2n) is 10.2. The van der Waals surface area contributed by atoms with Crippen LogP contribution in [0.3, 0.4) is 0 Å². The van der Waals surface area contributed by atoms with E-state index in [0.29, 0.717) is 11.5 Å². The number of anilines is 1. The number of sulfonamides is 1. The van der Waals surface area contributed by atoms with Crippen LogP contribution in [0.1, 0.15) is 30.5 Å². The normalized spacial score (nSPS) is 13.1. The lowest BCUT2D eigenvalue weighted by Gasteiger charge is -2.34. The number of nitrogens with one attached hydrogen (secondary N) is 1. The lowest BCUT2D eigenvalue weighted by atomic mass is 10.0. The smallest absolute Gasteiger partial charge is 0.244 e. The highest BCUT2D eigenvalue weighted by atomic mass is 32.2. The molecular weight excluding hydrogens is 530 g/mol. The van der Waals surface area contributed by atoms with Gasteiger partial charge in [0.15, 0.2) is 11.5 Å². The highest BCUT2D eigenvalue weighted by Crippen LogP contribution is 2.36. The first kappa shape index (κ1) is 28.9. The van der Waals surface area contributed by atoms with Gasteiger partial charge in [0.2, 0.25) is 28.6 Å². The molecule has 1 aliphatic heterocycles. The molecule has 0 unspecified atom stereocenters. The molecule has 1 N–H and O–H groups in total. The number of nitrogens with zero attached hydrogens (tertiary/aromatic N) is 2. The van der Waals surface area contributed by atoms with E-state index in [4.69, 9.17) is 9.47 Å². The fourth-order valence-electron chi connectivity index (χ4n) is 4.48. The predicted molar refractivity (Wildman–Crippen MR) is 154 cm³/mol. The van der Waals surface area contributed by atoms with Crippen molar-refractivity contribution in [3.05, 3.63) is 89.5 Å². The Hall–Kier alpha value is -4.05. The number of carbonyl (C=O) groups excluding carboxylic acids is 2. The standard InChI is InChI=1S/C30H35N3O6S/c1-21(2)31-30(35)26(16-23-8-6-5-7-9-23)32(18-24-12-10-22(3)11-13-24)29(34)19-33(40(4,36)37)25-14-15-27-28(17-25)39-20-38-27/h5-15,17,21,26H,16,18-20H2,1-4H3,(H,31,35)/t26-/m0/s1. The second kappa shape index (κ2) is 12.4. The van der Waals surface area contributed by atoms with Crippen molar-refractivity contribution in [1.82, 2.24) is 10.2 Å². The molecule has 0 bridgehead atoms. The van der Waals surface area contributed by atoms with Crippen LogP contribution in [-0.4, -0.2) is 56.8 Å². The summed E-state index contributed by atoms with van der Waals surface area (Å²) in [4.78, 5) is 29.1. The Labute approximate surface area is 235 Å². The molecule has 0 saturated carbocycles. The third kappa shape index (κ3) is 7.32. The number of benzene rings is 3. The Morgan fingerprint density at radius 2 is 1.60 bits per heavy atom. The van der Waals surface area contributed by atoms with Crippen molar-refractivity contribution in [2.24, 2.45) is 0 Å². The molecule has 2 amide bonds. The summed E-state index contributed by atoms with van der Waals surface area (Å²) in [6.45, 7) is 5.35. The van der Waals surface area contributed by atoms with E-state index >= 15 is 0 Å². The Kier molecular flexibility index (Phi) is 8.99. The highest BCUT2D eigenvalue weighted by Gasteiger charge is 2.33. The molecule has 212 valence electrons. The van der Waals surface area contributed by atoms with E-state index in [9.17, 15) is 18.0 Å². The quantitative estimate of drug-likeness (QED) is 0.381. The van der Waals surface area contributed by atoms with Crippen molar-refractivity contribution in [2.75, 3.05) is 23.9 Å². The maximum absolute atomic E-state index is 14.1. The summed E-state index contributed by atoms with van der Waals surface area (Å²) in [7, 11) is -3.88. The van der Waals surface area contributed by atoms with E-state index in [1.54, 1.807) is 12.1 Å². The molecule has 4 rings (SSSR count). The summed E-state index contributed by atoms with van der Waals surface area (Å²) in [5.41, 5.74) is 3.03. The maximum atomic E-state index is 14.1. The molecule has 1 aliphatic rings. The van der Waals surface area contributed by atoms with E-state index in [-0.39, 0.29) is 37.4 Å². The molecular formula is C30H35N3O6S. The fraction of sp³-hybridized carbons (Fsp3) is 0.333. The Morgan fingerprint density at radius 3 is 2.25 bits per heavy atom. The average Bonchev–Trinajstić information content (AvgIpc) is 3.38. The van der Waals surface area contributed by atoms with Gasteiger partial charge >= 0.3 is 0 Å². The first-order valence-corrected chi connectivity index (χ1v) is 14.9. The lowest BCUT2D eigenvalue weighted by Crippen LogP contribution is -2.54. The van der Waals surface area contributed by atoms with Crippen molar-refractivity contribution in [1.29, 1.82) is 0 Å². The van der Waals surface area contributed by atoms with E-state index in [0.717, 1.165) is 27.3 Å². The van der Waals surface area contributed by atoms with Crippen molar-refractivity contribution < 1.29 is 27.5 Å². The van der Waals surface area contributed by atoms with Gasteiger partial charge in [-0.1, -0.05) is 60.2 Å². The molecule has 10 heteroatoms. The van der Waals surface area contributed by atoms with Gasteiger partial charge in [-0.3, -0.25) is 13.9 Å². The van der Waals surface area contributed by atoms with Crippen LogP contribution in [0.5, 0.6) is 11.5 Å². The number of hydrogen-bond donors (Lipinski definition) is 1. The van der Waals surface area contributed by atoms with Gasteiger partial charge in [-0.2, -0.15) is 0 Å². The summed E-state index contributed by atoms with van der Waals surface area (Å²) >= 11 is 0. The van der Waals surface area contributed by atoms with Crippen LogP contribution in [0, 0.1) is 6.92 Å². The minimum atomic E-state index is -3.88. The number of fused-ring (bicyclic) bond motifs is 1. The summed E-state index contributed by atoms with van der Waals surface area (Å²) in [6.07, 6.45) is 1.31. The third-order valence-electron chi connectivity index (χ3n) is 6.50. The molecule has 3 aromatic rings. The largest absolute Gasteiger partial charge is 0.454 e. The minimum Gasteiger partial charge on any atom is -0.454 e. The van der Waals surface area contributed by atoms with Crippen LogP contribution in [-0.2, 0) is 32.6 Å². The molecule has 1 atom stereocenters. The van der Waals surface area contributed by atoms with Crippen molar-refractivity contribution >= 4 is 27.5 Å². The van der Waals surface area contributed by atoms with Crippen LogP contribution in [0.4, 0.5) is 5.69 Å². The summed E-state index contributed by atoms with van der Waals surface area (Å²) in [5, 5.41) is 2.94. The number of ether oxygens (including phenoxy) is 2. The van der Waals surface area contributed by atoms with E-state index in [2.05, 4.69) is 5.32 Å². The maximum Gasteiger partial charge on any atom is 0.244 e. The molecule has 0 fully saturated rings. The van der Waals surface area contributed by atoms with E-state index < -0.39 is 28.5 Å². The third-order valence-corrected chi connectivity index (χ3v) is 7.64. The van der Waals surface area contributed by atoms with Gasteiger partial charge in [-0.05, 0) is 44.0 Å². The lowest BCUT2D eigenvalue weighted by molar-refractivity contribution is -0.140. The predicted octanol–water partition coefficient (Wildman–Crippen LogP) is 3.65. The molecule has 0 aliphatic carbocycles. The van der Waals surface area contributed by atoms with Crippen LogP contribution in [0.25, 0.3) is 0 Å². The molecule has 0 aromatic heterocycles. The van der Waals surface area contributed by atoms with Gasteiger partial charge in [0.05, 0.1) is 11.9 Å². The van der Waals surface area contributed by atoms with Crippen LogP contribution in [0.15, 0.2) is 72.8 Å². The molecule has 3 aromatic carbocycles. The molecule has 40 heavy (non-hydrogen) atoms. The molecule has 1 heterocycles. The zero-order chi connectivity index (χ0) is 28.9. The van der Waals surface area contributed by atoms with Gasteiger partial charge in [0.25, 0.3) is 0 Å². The Morgan fingerprint density at radius 1 is 0.925 bits per heavy atom. The van der Waals surface area contributed by atoms with Crippen molar-refractivity contribution in [2.45, 2.75) is 45.8 Å². The number of rotatable bonds is 11. The number of hydrogen-bond acceptors (Lipinski definition) is 6. The monoisotopic (exact) mass is 565 g/mol. The molecule has 0 spiro atoms. The fourth-order valence-corrected chi connectivity index (χ4v) is 5.32. The van der Waals surface area contributed by atoms with E-state index in [1.165, 1.54) is 11.0 Å². The van der Waals surface area contributed by atoms with Crippen LogP contribution >= 0.6 is 0 Å². The van der Waals surface area contributed by atoms with Crippen LogP contribution in [0.2, 0.25) is 0 Å². The highest BCUT2D eigenvalue weighted by molar-refractivity contribution is 7.92. The Bertz CT molecular complexity index is 1440. The zero-order valence-electron chi connectivity index (χ0n) is 23.2. The van der Waals surface area contributed by atoms with Gasteiger partial charge in [-0.25, -0.2) is 8.42 Å². The SMILES string of the molecule is Cc1ccc(CN(C(=O)CN(c2ccc3c(c2)OCO3)S(C)(=O)=O)[C@@H](Cc2ccccc2)C(=O)NC(C)C)cc1. The molecule has 0 saturated heterocycles. The first-order chi connectivity index (χ1) is 19.0. The van der Waals surface area contributed by atoms with Crippen molar-refractivity contribution in [3.8, 4) is 11.5 Å². The van der Waals surface area contributed by atoms with Gasteiger partial charge in [0.1, 0.15) is 12.6 Å². The van der Waals surface area contributed by atoms with Gasteiger partial charge < -0.3 is 19.7 Å². The van der Waals surface area contributed by atoms with Crippen molar-refractivity contribution in [3.63, 3.8) is 0 Å². The van der Waals surface area contributed by atoms with E-state index in [1.807, 2.05) is 75.4 Å². The van der Waals surface area contributed by atoms with Gasteiger partial charge in [0, 0.05) is 25.1 Å². The first-order valence-electron chi connectivity index (χ1n) is 13.1. The number of aryl methyl sites for hydroxylation is 1. The molecule has 9 nitrogen and oxygen atoms in total. The van der Waals surface area contributed by atoms with Crippen LogP contribution < -0.4 is 19.1 Å². The average molecular weight is 566 g/mol. The summed E-state index contributed by atoms with van der Waals surface area (Å²) in [6, 6.07) is 20.8. The number of carbonyl (C=O) groups is 2. The van der Waals surface area contributed by atoms with Gasteiger partial charge in [-0.15, -0.1) is 0 Å². The topological polar surface area (TPSA) is 105 Å². The summed E-state index contributed by atoms with van der Waals surface area (Å²) in [5.74, 6) is 0.0722. The number of amides is 2.